The quantitative estimate of drug-likeness (QED) is 0.498. The van der Waals surface area contributed by atoms with Crippen molar-refractivity contribution < 1.29 is 23.9 Å². The number of halogens is 1. The molecule has 174 valence electrons. The minimum Gasteiger partial charge on any atom is -0.454 e. The molecular formula is C23H30ClN3O5. The fraction of sp³-hybridized carbons (Fsp3) is 0.565. The van der Waals surface area contributed by atoms with Crippen molar-refractivity contribution in [1.82, 2.24) is 15.5 Å². The van der Waals surface area contributed by atoms with E-state index in [0.29, 0.717) is 23.8 Å². The smallest absolute Gasteiger partial charge is 0.326 e. The molecule has 0 unspecified atom stereocenters. The number of carbonyl (C=O) groups is 4. The average molecular weight is 464 g/mol. The summed E-state index contributed by atoms with van der Waals surface area (Å²) in [5.74, 6) is -1.21. The number of nitrogens with zero attached hydrogens (tertiary/aromatic N) is 1. The zero-order valence-corrected chi connectivity index (χ0v) is 19.5. The highest BCUT2D eigenvalue weighted by atomic mass is 35.5. The van der Waals surface area contributed by atoms with E-state index in [0.717, 1.165) is 23.3 Å². The summed E-state index contributed by atoms with van der Waals surface area (Å²) >= 11 is 5.82. The number of imide groups is 1. The van der Waals surface area contributed by atoms with Crippen LogP contribution in [0.3, 0.4) is 0 Å². The highest BCUT2D eigenvalue weighted by Crippen LogP contribution is 2.43. The Labute approximate surface area is 193 Å². The van der Waals surface area contributed by atoms with Gasteiger partial charge in [0.2, 0.25) is 0 Å². The van der Waals surface area contributed by atoms with Crippen molar-refractivity contribution in [3.05, 3.63) is 34.9 Å². The third kappa shape index (κ3) is 5.59. The normalized spacial score (nSPS) is 23.2. The molecule has 2 fully saturated rings. The molecule has 32 heavy (non-hydrogen) atoms. The Bertz CT molecular complexity index is 886. The molecule has 1 spiro atoms. The number of amides is 4. The van der Waals surface area contributed by atoms with Gasteiger partial charge >= 0.3 is 12.0 Å². The van der Waals surface area contributed by atoms with Gasteiger partial charge in [-0.05, 0) is 54.7 Å². The van der Waals surface area contributed by atoms with Gasteiger partial charge < -0.3 is 15.4 Å². The summed E-state index contributed by atoms with van der Waals surface area (Å²) in [7, 11) is 0. The molecule has 1 aliphatic carbocycles. The van der Waals surface area contributed by atoms with Crippen LogP contribution < -0.4 is 10.6 Å². The lowest BCUT2D eigenvalue weighted by atomic mass is 9.67. The summed E-state index contributed by atoms with van der Waals surface area (Å²) in [5, 5.41) is 6.02. The molecule has 1 aromatic carbocycles. The molecule has 8 nitrogen and oxygen atoms in total. The van der Waals surface area contributed by atoms with Gasteiger partial charge in [0.1, 0.15) is 12.1 Å². The predicted molar refractivity (Wildman–Crippen MR) is 119 cm³/mol. The molecule has 9 heteroatoms. The van der Waals surface area contributed by atoms with Crippen molar-refractivity contribution >= 4 is 35.4 Å². The van der Waals surface area contributed by atoms with Gasteiger partial charge in [-0.25, -0.2) is 4.79 Å². The Balaban J connectivity index is 1.45. The summed E-state index contributed by atoms with van der Waals surface area (Å²) in [4.78, 5) is 50.3. The van der Waals surface area contributed by atoms with Crippen molar-refractivity contribution in [2.45, 2.75) is 58.5 Å². The van der Waals surface area contributed by atoms with Crippen molar-refractivity contribution in [2.75, 3.05) is 13.2 Å². The van der Waals surface area contributed by atoms with Crippen molar-refractivity contribution in [3.8, 4) is 0 Å². The van der Waals surface area contributed by atoms with Crippen LogP contribution in [0.5, 0.6) is 0 Å². The second-order valence-corrected chi connectivity index (χ2v) is 10.0. The molecule has 2 aliphatic rings. The first-order chi connectivity index (χ1) is 15.0. The zero-order chi connectivity index (χ0) is 23.5. The molecule has 0 bridgehead atoms. The third-order valence-electron chi connectivity index (χ3n) is 6.36. The molecular weight excluding hydrogens is 434 g/mol. The third-order valence-corrected chi connectivity index (χ3v) is 6.62. The molecule has 0 atom stereocenters. The van der Waals surface area contributed by atoms with E-state index < -0.39 is 36.6 Å². The number of carbonyl (C=O) groups excluding carboxylic acids is 4. The van der Waals surface area contributed by atoms with Crippen LogP contribution in [0.25, 0.3) is 0 Å². The molecule has 1 heterocycles. The van der Waals surface area contributed by atoms with Crippen LogP contribution in [0, 0.1) is 11.3 Å². The van der Waals surface area contributed by atoms with Crippen LogP contribution in [0.2, 0.25) is 5.02 Å². The van der Waals surface area contributed by atoms with E-state index in [-0.39, 0.29) is 17.9 Å². The average Bonchev–Trinajstić information content (AvgIpc) is 2.95. The van der Waals surface area contributed by atoms with E-state index in [9.17, 15) is 19.2 Å². The minimum atomic E-state index is -0.935. The Morgan fingerprint density at radius 2 is 1.81 bits per heavy atom. The van der Waals surface area contributed by atoms with E-state index in [2.05, 4.69) is 31.4 Å². The molecule has 1 aromatic rings. The second kappa shape index (κ2) is 9.48. The van der Waals surface area contributed by atoms with Crippen LogP contribution >= 0.6 is 11.6 Å². The number of hydrogen-bond donors (Lipinski definition) is 2. The largest absolute Gasteiger partial charge is 0.454 e. The number of benzene rings is 1. The molecule has 1 aliphatic heterocycles. The number of nitrogens with one attached hydrogen (secondary N) is 2. The Hall–Kier alpha value is -2.61. The molecule has 0 radical (unpaired) electrons. The molecule has 0 aromatic heterocycles. The lowest BCUT2D eigenvalue weighted by Crippen LogP contribution is -2.50. The van der Waals surface area contributed by atoms with E-state index in [4.69, 9.17) is 16.3 Å². The maximum Gasteiger partial charge on any atom is 0.326 e. The standard InChI is InChI=1S/C23H30ClN3O5/c1-22(2,3)16-8-10-23(11-9-16)20(30)27(21(31)26-23)13-19(29)32-14-18(28)25-12-15-4-6-17(24)7-5-15/h4-7,16H,8-14H2,1-3H3,(H,25,28)(H,26,31). The number of urea groups is 1. The van der Waals surface area contributed by atoms with Crippen molar-refractivity contribution in [1.29, 1.82) is 0 Å². The van der Waals surface area contributed by atoms with Gasteiger partial charge in [0, 0.05) is 11.6 Å². The SMILES string of the molecule is CC(C)(C)C1CCC2(CC1)NC(=O)N(CC(=O)OCC(=O)NCc1ccc(Cl)cc1)C2=O. The molecule has 4 amide bonds. The maximum absolute atomic E-state index is 13.0. The van der Waals surface area contributed by atoms with E-state index in [1.807, 2.05) is 0 Å². The Morgan fingerprint density at radius 1 is 1.19 bits per heavy atom. The monoisotopic (exact) mass is 463 g/mol. The fourth-order valence-electron chi connectivity index (χ4n) is 4.31. The van der Waals surface area contributed by atoms with Gasteiger partial charge in [-0.3, -0.25) is 19.3 Å². The Kier molecular flexibility index (Phi) is 7.12. The number of rotatable bonds is 6. The van der Waals surface area contributed by atoms with Gasteiger partial charge in [0.05, 0.1) is 0 Å². The van der Waals surface area contributed by atoms with Gasteiger partial charge in [-0.1, -0.05) is 44.5 Å². The van der Waals surface area contributed by atoms with Crippen LogP contribution in [-0.4, -0.2) is 47.4 Å². The topological polar surface area (TPSA) is 105 Å². The van der Waals surface area contributed by atoms with Gasteiger partial charge in [-0.15, -0.1) is 0 Å². The first-order valence-electron chi connectivity index (χ1n) is 10.8. The van der Waals surface area contributed by atoms with Crippen molar-refractivity contribution in [3.63, 3.8) is 0 Å². The maximum atomic E-state index is 13.0. The number of hydrogen-bond acceptors (Lipinski definition) is 5. The van der Waals surface area contributed by atoms with Crippen LogP contribution in [0.1, 0.15) is 52.0 Å². The Morgan fingerprint density at radius 3 is 2.41 bits per heavy atom. The van der Waals surface area contributed by atoms with Crippen LogP contribution in [-0.2, 0) is 25.7 Å². The van der Waals surface area contributed by atoms with E-state index in [1.54, 1.807) is 24.3 Å². The van der Waals surface area contributed by atoms with Gasteiger partial charge in [0.25, 0.3) is 11.8 Å². The van der Waals surface area contributed by atoms with Crippen LogP contribution in [0.4, 0.5) is 4.79 Å². The summed E-state index contributed by atoms with van der Waals surface area (Å²) in [5.41, 5.74) is 0.0554. The molecule has 1 saturated heterocycles. The summed E-state index contributed by atoms with van der Waals surface area (Å²) < 4.78 is 4.96. The second-order valence-electron chi connectivity index (χ2n) is 9.61. The summed E-state index contributed by atoms with van der Waals surface area (Å²) in [6.07, 6.45) is 2.78. The lowest BCUT2D eigenvalue weighted by molar-refractivity contribution is -0.151. The van der Waals surface area contributed by atoms with Gasteiger partial charge in [-0.2, -0.15) is 0 Å². The first-order valence-corrected chi connectivity index (χ1v) is 11.2. The van der Waals surface area contributed by atoms with E-state index in [1.165, 1.54) is 0 Å². The highest BCUT2D eigenvalue weighted by molar-refractivity contribution is 6.30. The highest BCUT2D eigenvalue weighted by Gasteiger charge is 2.53. The van der Waals surface area contributed by atoms with Gasteiger partial charge in [0.15, 0.2) is 6.61 Å². The summed E-state index contributed by atoms with van der Waals surface area (Å²) in [6.45, 7) is 5.79. The summed E-state index contributed by atoms with van der Waals surface area (Å²) in [6, 6.07) is 6.38. The predicted octanol–water partition coefficient (Wildman–Crippen LogP) is 3.03. The minimum absolute atomic E-state index is 0.144. The number of esters is 1. The van der Waals surface area contributed by atoms with E-state index >= 15 is 0 Å². The molecule has 2 N–H and O–H groups in total. The molecule has 1 saturated carbocycles. The first kappa shape index (κ1) is 24.0. The number of ether oxygens (including phenoxy) is 1. The zero-order valence-electron chi connectivity index (χ0n) is 18.7. The van der Waals surface area contributed by atoms with Crippen LogP contribution in [0.15, 0.2) is 24.3 Å². The molecule has 3 rings (SSSR count). The fourth-order valence-corrected chi connectivity index (χ4v) is 4.44. The van der Waals surface area contributed by atoms with Crippen molar-refractivity contribution in [2.24, 2.45) is 11.3 Å². The lowest BCUT2D eigenvalue weighted by Gasteiger charge is -2.40.